The lowest BCUT2D eigenvalue weighted by Crippen LogP contribution is -2.27. The smallest absolute Gasteiger partial charge is 0.253 e. The summed E-state index contributed by atoms with van der Waals surface area (Å²) in [6.07, 6.45) is 3.98. The Morgan fingerprint density at radius 2 is 2.06 bits per heavy atom. The van der Waals surface area contributed by atoms with Crippen LogP contribution < -0.4 is 5.56 Å². The largest absolute Gasteiger partial charge is 0.312 e. The Bertz CT molecular complexity index is 591. The Morgan fingerprint density at radius 3 is 2.72 bits per heavy atom. The maximum Gasteiger partial charge on any atom is 0.253 e. The van der Waals surface area contributed by atoms with Crippen molar-refractivity contribution in [3.05, 3.63) is 45.0 Å². The van der Waals surface area contributed by atoms with Crippen molar-refractivity contribution < 1.29 is 0 Å². The molecule has 0 aromatic carbocycles. The Balaban J connectivity index is 2.74. The van der Waals surface area contributed by atoms with Crippen LogP contribution in [0.4, 0.5) is 0 Å². The lowest BCUT2D eigenvalue weighted by atomic mass is 10.0. The van der Waals surface area contributed by atoms with E-state index in [1.54, 1.807) is 0 Å². The van der Waals surface area contributed by atoms with Crippen molar-refractivity contribution in [2.75, 3.05) is 0 Å². The second kappa shape index (κ2) is 4.92. The van der Waals surface area contributed by atoms with Crippen molar-refractivity contribution in [1.29, 1.82) is 0 Å². The number of aliphatic imine (C=N–C) groups is 1. The SMILES string of the molecule is CCn1c2c(cc(C)c1=O)C(C)=NC(C)=CCC2. The zero-order chi connectivity index (χ0) is 13.3. The van der Waals surface area contributed by atoms with E-state index in [1.165, 1.54) is 0 Å². The monoisotopic (exact) mass is 244 g/mol. The van der Waals surface area contributed by atoms with Crippen LogP contribution in [0.1, 0.15) is 44.0 Å². The number of allylic oxidation sites excluding steroid dienone is 2. The third-order valence-electron chi connectivity index (χ3n) is 3.45. The molecule has 0 saturated heterocycles. The van der Waals surface area contributed by atoms with Gasteiger partial charge in [0.05, 0.1) is 0 Å². The maximum absolute atomic E-state index is 12.1. The number of nitrogens with zero attached hydrogens (tertiary/aromatic N) is 2. The Hall–Kier alpha value is -1.64. The van der Waals surface area contributed by atoms with Crippen LogP contribution in [0.5, 0.6) is 0 Å². The van der Waals surface area contributed by atoms with E-state index in [0.29, 0.717) is 0 Å². The molecule has 2 heterocycles. The van der Waals surface area contributed by atoms with Gasteiger partial charge in [-0.25, -0.2) is 0 Å². The van der Waals surface area contributed by atoms with E-state index in [9.17, 15) is 4.79 Å². The number of pyridine rings is 1. The summed E-state index contributed by atoms with van der Waals surface area (Å²) < 4.78 is 1.89. The predicted molar refractivity (Wildman–Crippen MR) is 75.4 cm³/mol. The van der Waals surface area contributed by atoms with Gasteiger partial charge in [0.25, 0.3) is 5.56 Å². The third-order valence-corrected chi connectivity index (χ3v) is 3.45. The van der Waals surface area contributed by atoms with E-state index in [4.69, 9.17) is 0 Å². The van der Waals surface area contributed by atoms with E-state index >= 15 is 0 Å². The molecule has 1 aromatic rings. The van der Waals surface area contributed by atoms with Gasteiger partial charge in [0.2, 0.25) is 0 Å². The van der Waals surface area contributed by atoms with Crippen LogP contribution in [0.2, 0.25) is 0 Å². The van der Waals surface area contributed by atoms with Gasteiger partial charge in [-0.15, -0.1) is 0 Å². The van der Waals surface area contributed by atoms with Gasteiger partial charge in [0, 0.05) is 34.8 Å². The highest BCUT2D eigenvalue weighted by molar-refractivity contribution is 6.00. The maximum atomic E-state index is 12.1. The number of rotatable bonds is 1. The van der Waals surface area contributed by atoms with Gasteiger partial charge >= 0.3 is 0 Å². The number of fused-ring (bicyclic) bond motifs is 1. The van der Waals surface area contributed by atoms with Crippen molar-refractivity contribution in [1.82, 2.24) is 4.57 Å². The lowest BCUT2D eigenvalue weighted by Gasteiger charge is -2.18. The number of aryl methyl sites for hydroxylation is 1. The summed E-state index contributed by atoms with van der Waals surface area (Å²) in [6, 6.07) is 1.99. The molecule has 3 heteroatoms. The zero-order valence-corrected chi connectivity index (χ0v) is 11.6. The molecule has 0 spiro atoms. The van der Waals surface area contributed by atoms with Crippen LogP contribution in [0, 0.1) is 6.92 Å². The van der Waals surface area contributed by atoms with Gasteiger partial charge in [-0.3, -0.25) is 9.79 Å². The van der Waals surface area contributed by atoms with Gasteiger partial charge in [-0.05, 0) is 46.6 Å². The predicted octanol–water partition coefficient (Wildman–Crippen LogP) is 2.84. The van der Waals surface area contributed by atoms with Crippen LogP contribution in [0.25, 0.3) is 0 Å². The van der Waals surface area contributed by atoms with Crippen LogP contribution in [0.15, 0.2) is 27.6 Å². The topological polar surface area (TPSA) is 34.4 Å². The van der Waals surface area contributed by atoms with Gasteiger partial charge in [0.1, 0.15) is 0 Å². The fourth-order valence-electron chi connectivity index (χ4n) is 2.55. The van der Waals surface area contributed by atoms with Crippen molar-refractivity contribution in [3.63, 3.8) is 0 Å². The van der Waals surface area contributed by atoms with Gasteiger partial charge in [-0.1, -0.05) is 6.08 Å². The van der Waals surface area contributed by atoms with Crippen LogP contribution in [-0.4, -0.2) is 10.3 Å². The van der Waals surface area contributed by atoms with E-state index in [1.807, 2.05) is 38.3 Å². The quantitative estimate of drug-likeness (QED) is 0.748. The molecule has 0 unspecified atom stereocenters. The normalized spacial score (nSPS) is 15.3. The molecular formula is C15H20N2O. The minimum Gasteiger partial charge on any atom is -0.312 e. The standard InChI is InChI=1S/C15H20N2O/c1-5-17-14-8-6-7-11(3)16-12(4)13(14)9-10(2)15(17)18/h7,9H,5-6,8H2,1-4H3. The van der Waals surface area contributed by atoms with Gasteiger partial charge in [-0.2, -0.15) is 0 Å². The van der Waals surface area contributed by atoms with Gasteiger partial charge in [0.15, 0.2) is 0 Å². The number of hydrogen-bond donors (Lipinski definition) is 0. The van der Waals surface area contributed by atoms with Crippen molar-refractivity contribution >= 4 is 5.71 Å². The van der Waals surface area contributed by atoms with Crippen molar-refractivity contribution in [3.8, 4) is 0 Å². The lowest BCUT2D eigenvalue weighted by molar-refractivity contribution is 0.664. The summed E-state index contributed by atoms with van der Waals surface area (Å²) in [5, 5.41) is 0. The molecule has 0 radical (unpaired) electrons. The molecule has 0 aliphatic carbocycles. The van der Waals surface area contributed by atoms with E-state index in [2.05, 4.69) is 11.1 Å². The summed E-state index contributed by atoms with van der Waals surface area (Å²) in [7, 11) is 0. The number of hydrogen-bond acceptors (Lipinski definition) is 2. The fraction of sp³-hybridized carbons (Fsp3) is 0.467. The molecule has 0 bridgehead atoms. The average molecular weight is 244 g/mol. The molecule has 1 aromatic heterocycles. The first kappa shape index (κ1) is 12.8. The molecule has 0 saturated carbocycles. The molecule has 96 valence electrons. The van der Waals surface area contributed by atoms with Crippen LogP contribution >= 0.6 is 0 Å². The minimum absolute atomic E-state index is 0.130. The van der Waals surface area contributed by atoms with Crippen LogP contribution in [0.3, 0.4) is 0 Å². The summed E-state index contributed by atoms with van der Waals surface area (Å²) in [5.41, 5.74) is 5.24. The zero-order valence-electron chi connectivity index (χ0n) is 11.6. The third kappa shape index (κ3) is 2.17. The second-order valence-electron chi connectivity index (χ2n) is 4.82. The molecule has 18 heavy (non-hydrogen) atoms. The molecule has 0 N–H and O–H groups in total. The van der Waals surface area contributed by atoms with E-state index < -0.39 is 0 Å². The molecule has 0 amide bonds. The van der Waals surface area contributed by atoms with Crippen molar-refractivity contribution in [2.24, 2.45) is 4.99 Å². The first-order chi connectivity index (χ1) is 8.54. The Morgan fingerprint density at radius 1 is 1.33 bits per heavy atom. The van der Waals surface area contributed by atoms with Crippen LogP contribution in [-0.2, 0) is 13.0 Å². The Labute approximate surface area is 108 Å². The molecule has 3 nitrogen and oxygen atoms in total. The Kier molecular flexibility index (Phi) is 3.50. The highest BCUT2D eigenvalue weighted by Crippen LogP contribution is 2.17. The number of aromatic nitrogens is 1. The molecule has 1 aliphatic heterocycles. The van der Waals surface area contributed by atoms with E-state index in [0.717, 1.165) is 47.6 Å². The second-order valence-corrected chi connectivity index (χ2v) is 4.82. The minimum atomic E-state index is 0.130. The first-order valence-corrected chi connectivity index (χ1v) is 6.50. The molecular weight excluding hydrogens is 224 g/mol. The van der Waals surface area contributed by atoms with E-state index in [-0.39, 0.29) is 5.56 Å². The van der Waals surface area contributed by atoms with Gasteiger partial charge < -0.3 is 4.57 Å². The first-order valence-electron chi connectivity index (χ1n) is 6.50. The highest BCUT2D eigenvalue weighted by atomic mass is 16.1. The highest BCUT2D eigenvalue weighted by Gasteiger charge is 2.14. The summed E-state index contributed by atoms with van der Waals surface area (Å²) >= 11 is 0. The summed E-state index contributed by atoms with van der Waals surface area (Å²) in [4.78, 5) is 16.7. The summed E-state index contributed by atoms with van der Waals surface area (Å²) in [5.74, 6) is 0. The summed E-state index contributed by atoms with van der Waals surface area (Å²) in [6.45, 7) is 8.67. The van der Waals surface area contributed by atoms with Crippen molar-refractivity contribution in [2.45, 2.75) is 47.1 Å². The molecule has 1 aliphatic rings. The molecule has 0 fully saturated rings. The molecule has 2 rings (SSSR count). The molecule has 0 atom stereocenters. The fourth-order valence-corrected chi connectivity index (χ4v) is 2.55. The average Bonchev–Trinajstić information content (AvgIpc) is 2.32.